The summed E-state index contributed by atoms with van der Waals surface area (Å²) in [6, 6.07) is 2.70. The highest BCUT2D eigenvalue weighted by atomic mass is 19.4. The standard InChI is InChI=1S/C13H10F3N3O2/c1-5(20)12(2)6-3-8-9(4-7(6)19-11(12)21)18-10(17-8)13(14,15)16/h3-4H,1-2H3,(H,17,18)(H,19,21). The number of carbonyl (C=O) groups is 2. The Morgan fingerprint density at radius 3 is 2.57 bits per heavy atom. The van der Waals surface area contributed by atoms with Gasteiger partial charge in [-0.1, -0.05) is 0 Å². The first-order chi connectivity index (χ1) is 9.64. The van der Waals surface area contributed by atoms with Crippen LogP contribution in [-0.2, 0) is 21.2 Å². The SMILES string of the molecule is CC(=O)C1(C)C(=O)Nc2cc3nc(C(F)(F)F)[nH]c3cc21. The van der Waals surface area contributed by atoms with Gasteiger partial charge in [-0.05, 0) is 26.0 Å². The minimum Gasteiger partial charge on any atom is -0.334 e. The summed E-state index contributed by atoms with van der Waals surface area (Å²) in [6.07, 6.45) is -4.59. The van der Waals surface area contributed by atoms with E-state index in [1.165, 1.54) is 26.0 Å². The van der Waals surface area contributed by atoms with Crippen molar-refractivity contribution in [2.45, 2.75) is 25.4 Å². The number of nitrogens with one attached hydrogen (secondary N) is 2. The maximum Gasteiger partial charge on any atom is 0.449 e. The second kappa shape index (κ2) is 3.84. The fourth-order valence-electron chi connectivity index (χ4n) is 2.43. The van der Waals surface area contributed by atoms with Crippen molar-refractivity contribution in [3.05, 3.63) is 23.5 Å². The molecule has 2 aromatic rings. The lowest BCUT2D eigenvalue weighted by Crippen LogP contribution is -2.37. The van der Waals surface area contributed by atoms with Crippen molar-refractivity contribution < 1.29 is 22.8 Å². The van der Waals surface area contributed by atoms with Crippen LogP contribution in [0.5, 0.6) is 0 Å². The average Bonchev–Trinajstić information content (AvgIpc) is 2.88. The molecule has 21 heavy (non-hydrogen) atoms. The second-order valence-electron chi connectivity index (χ2n) is 5.13. The number of ketones is 1. The van der Waals surface area contributed by atoms with Crippen LogP contribution in [0, 0.1) is 0 Å². The van der Waals surface area contributed by atoms with E-state index >= 15 is 0 Å². The number of benzene rings is 1. The van der Waals surface area contributed by atoms with Gasteiger partial charge in [-0.25, -0.2) is 4.98 Å². The van der Waals surface area contributed by atoms with Gasteiger partial charge in [-0.3, -0.25) is 9.59 Å². The number of imidazole rings is 1. The highest BCUT2D eigenvalue weighted by Crippen LogP contribution is 2.41. The molecule has 1 aromatic heterocycles. The zero-order valence-electron chi connectivity index (χ0n) is 11.1. The summed E-state index contributed by atoms with van der Waals surface area (Å²) < 4.78 is 37.9. The Hall–Kier alpha value is -2.38. The van der Waals surface area contributed by atoms with Crippen molar-refractivity contribution in [1.29, 1.82) is 0 Å². The van der Waals surface area contributed by atoms with Crippen molar-refractivity contribution in [2.24, 2.45) is 0 Å². The summed E-state index contributed by atoms with van der Waals surface area (Å²) in [5.41, 5.74) is -0.526. The van der Waals surface area contributed by atoms with Gasteiger partial charge in [0.05, 0.1) is 11.0 Å². The van der Waals surface area contributed by atoms with Gasteiger partial charge in [-0.15, -0.1) is 0 Å². The molecule has 1 atom stereocenters. The average molecular weight is 297 g/mol. The molecule has 110 valence electrons. The van der Waals surface area contributed by atoms with Gasteiger partial charge >= 0.3 is 6.18 Å². The van der Waals surface area contributed by atoms with Crippen LogP contribution in [0.15, 0.2) is 12.1 Å². The number of hydrogen-bond donors (Lipinski definition) is 2. The van der Waals surface area contributed by atoms with E-state index in [2.05, 4.69) is 15.3 Å². The third-order valence-electron chi connectivity index (χ3n) is 3.83. The molecule has 0 bridgehead atoms. The zero-order valence-corrected chi connectivity index (χ0v) is 11.1. The minimum atomic E-state index is -4.59. The summed E-state index contributed by atoms with van der Waals surface area (Å²) in [4.78, 5) is 29.4. The number of alkyl halides is 3. The first-order valence-corrected chi connectivity index (χ1v) is 6.08. The molecule has 8 heteroatoms. The lowest BCUT2D eigenvalue weighted by atomic mass is 9.80. The largest absolute Gasteiger partial charge is 0.449 e. The number of anilines is 1. The predicted molar refractivity (Wildman–Crippen MR) is 67.8 cm³/mol. The van der Waals surface area contributed by atoms with E-state index in [4.69, 9.17) is 0 Å². The van der Waals surface area contributed by atoms with Crippen LogP contribution in [0.1, 0.15) is 25.2 Å². The number of hydrogen-bond acceptors (Lipinski definition) is 3. The second-order valence-corrected chi connectivity index (χ2v) is 5.13. The Kier molecular flexibility index (Phi) is 2.48. The van der Waals surface area contributed by atoms with E-state index in [-0.39, 0.29) is 16.8 Å². The highest BCUT2D eigenvalue weighted by molar-refractivity contribution is 6.21. The number of rotatable bonds is 1. The first-order valence-electron chi connectivity index (χ1n) is 6.08. The topological polar surface area (TPSA) is 74.8 Å². The molecule has 1 aliphatic heterocycles. The maximum atomic E-state index is 12.6. The van der Waals surface area contributed by atoms with Crippen LogP contribution in [-0.4, -0.2) is 21.7 Å². The van der Waals surface area contributed by atoms with Crippen LogP contribution < -0.4 is 5.32 Å². The van der Waals surface area contributed by atoms with Crippen LogP contribution in [0.25, 0.3) is 11.0 Å². The Morgan fingerprint density at radius 2 is 2.00 bits per heavy atom. The minimum absolute atomic E-state index is 0.0779. The number of fused-ring (bicyclic) bond motifs is 2. The summed E-state index contributed by atoms with van der Waals surface area (Å²) in [5.74, 6) is -1.99. The highest BCUT2D eigenvalue weighted by Gasteiger charge is 2.47. The van der Waals surface area contributed by atoms with Gasteiger partial charge in [0.2, 0.25) is 11.7 Å². The van der Waals surface area contributed by atoms with E-state index in [0.29, 0.717) is 11.3 Å². The molecule has 0 fully saturated rings. The van der Waals surface area contributed by atoms with Gasteiger partial charge in [0, 0.05) is 11.3 Å². The summed E-state index contributed by atoms with van der Waals surface area (Å²) in [6.45, 7) is 2.72. The number of halogens is 3. The monoisotopic (exact) mass is 297 g/mol. The molecule has 0 radical (unpaired) electrons. The number of nitrogens with zero attached hydrogens (tertiary/aromatic N) is 1. The van der Waals surface area contributed by atoms with Crippen LogP contribution >= 0.6 is 0 Å². The fourth-order valence-corrected chi connectivity index (χ4v) is 2.43. The van der Waals surface area contributed by atoms with Crippen molar-refractivity contribution in [2.75, 3.05) is 5.32 Å². The normalized spacial score (nSPS) is 21.5. The summed E-state index contributed by atoms with van der Waals surface area (Å²) in [5, 5.41) is 2.51. The molecular weight excluding hydrogens is 287 g/mol. The molecule has 0 saturated heterocycles. The molecular formula is C13H10F3N3O2. The molecule has 2 N–H and O–H groups in total. The van der Waals surface area contributed by atoms with E-state index in [1.54, 1.807) is 0 Å². The van der Waals surface area contributed by atoms with E-state index in [9.17, 15) is 22.8 Å². The zero-order chi connectivity index (χ0) is 15.6. The van der Waals surface area contributed by atoms with Crippen LogP contribution in [0.4, 0.5) is 18.9 Å². The predicted octanol–water partition coefficient (Wildman–Crippen LogP) is 2.38. The van der Waals surface area contributed by atoms with Gasteiger partial charge < -0.3 is 10.3 Å². The first kappa shape index (κ1) is 13.6. The number of Topliss-reactive ketones (excluding diaryl/α,β-unsaturated/α-hetero) is 1. The molecule has 1 aromatic carbocycles. The molecule has 3 rings (SSSR count). The lowest BCUT2D eigenvalue weighted by molar-refractivity contribution is -0.144. The van der Waals surface area contributed by atoms with Gasteiger partial charge in [0.25, 0.3) is 0 Å². The van der Waals surface area contributed by atoms with Gasteiger partial charge in [0.15, 0.2) is 0 Å². The Balaban J connectivity index is 2.24. The van der Waals surface area contributed by atoms with Gasteiger partial charge in [-0.2, -0.15) is 13.2 Å². The molecule has 0 spiro atoms. The third-order valence-corrected chi connectivity index (χ3v) is 3.83. The fraction of sp³-hybridized carbons (Fsp3) is 0.308. The van der Waals surface area contributed by atoms with E-state index < -0.39 is 23.3 Å². The quantitative estimate of drug-likeness (QED) is 0.794. The molecule has 0 aliphatic carbocycles. The van der Waals surface area contributed by atoms with Crippen molar-refractivity contribution >= 4 is 28.4 Å². The van der Waals surface area contributed by atoms with Crippen LogP contribution in [0.2, 0.25) is 0 Å². The van der Waals surface area contributed by atoms with Crippen LogP contribution in [0.3, 0.4) is 0 Å². The smallest absolute Gasteiger partial charge is 0.334 e. The maximum absolute atomic E-state index is 12.6. The number of H-pyrrole nitrogens is 1. The van der Waals surface area contributed by atoms with E-state index in [1.807, 2.05) is 0 Å². The number of amides is 1. The molecule has 0 saturated carbocycles. The summed E-state index contributed by atoms with van der Waals surface area (Å²) in [7, 11) is 0. The number of aromatic nitrogens is 2. The third kappa shape index (κ3) is 1.75. The number of carbonyl (C=O) groups excluding carboxylic acids is 2. The molecule has 2 heterocycles. The van der Waals surface area contributed by atoms with Crippen molar-refractivity contribution in [1.82, 2.24) is 9.97 Å². The Labute approximate surface area is 116 Å². The number of aromatic amines is 1. The Bertz CT molecular complexity index is 794. The molecule has 1 aliphatic rings. The van der Waals surface area contributed by atoms with Crippen molar-refractivity contribution in [3.8, 4) is 0 Å². The van der Waals surface area contributed by atoms with Crippen molar-refractivity contribution in [3.63, 3.8) is 0 Å². The lowest BCUT2D eigenvalue weighted by Gasteiger charge is -2.17. The van der Waals surface area contributed by atoms with E-state index in [0.717, 1.165) is 0 Å². The molecule has 5 nitrogen and oxygen atoms in total. The van der Waals surface area contributed by atoms with Gasteiger partial charge in [0.1, 0.15) is 11.2 Å². The molecule has 1 unspecified atom stereocenters. The molecule has 1 amide bonds. The summed E-state index contributed by atoms with van der Waals surface area (Å²) >= 11 is 0. The Morgan fingerprint density at radius 1 is 1.33 bits per heavy atom.